The Balaban J connectivity index is 0.00000280. The molecule has 0 unspecified atom stereocenters. The van der Waals surface area contributed by atoms with E-state index in [9.17, 15) is 0 Å². The van der Waals surface area contributed by atoms with Crippen molar-refractivity contribution in [1.82, 2.24) is 4.98 Å². The van der Waals surface area contributed by atoms with Crippen LogP contribution in [0.2, 0.25) is 5.02 Å². The van der Waals surface area contributed by atoms with Crippen LogP contribution in [0, 0.1) is 13.8 Å². The third-order valence-corrected chi connectivity index (χ3v) is 4.41. The maximum Gasteiger partial charge on any atom is 2.00 e. The van der Waals surface area contributed by atoms with Crippen molar-refractivity contribution in [1.29, 1.82) is 0 Å². The van der Waals surface area contributed by atoms with Crippen molar-refractivity contribution in [3.8, 4) is 0 Å². The molecule has 159 valence electrons. The molecular formula is C23H22Cl3CoN3. The van der Waals surface area contributed by atoms with Gasteiger partial charge in [-0.1, -0.05) is 47.0 Å². The Morgan fingerprint density at radius 1 is 0.700 bits per heavy atom. The summed E-state index contributed by atoms with van der Waals surface area (Å²) in [5, 5.41) is 0.618. The number of halogens is 3. The van der Waals surface area contributed by atoms with Crippen LogP contribution in [0.5, 0.6) is 0 Å². The van der Waals surface area contributed by atoms with E-state index in [4.69, 9.17) is 16.6 Å². The van der Waals surface area contributed by atoms with Crippen LogP contribution in [0.3, 0.4) is 0 Å². The van der Waals surface area contributed by atoms with Gasteiger partial charge in [0.25, 0.3) is 0 Å². The second-order valence-electron chi connectivity index (χ2n) is 6.62. The molecule has 0 aliphatic rings. The zero-order valence-corrected chi connectivity index (χ0v) is 20.4. The van der Waals surface area contributed by atoms with Crippen LogP contribution in [0.4, 0.5) is 11.4 Å². The third-order valence-electron chi connectivity index (χ3n) is 4.19. The van der Waals surface area contributed by atoms with Gasteiger partial charge in [-0.15, -0.1) is 0 Å². The zero-order chi connectivity index (χ0) is 19.4. The second-order valence-corrected chi connectivity index (χ2v) is 7.06. The van der Waals surface area contributed by atoms with Crippen molar-refractivity contribution in [2.75, 3.05) is 0 Å². The molecule has 0 spiro atoms. The minimum Gasteiger partial charge on any atom is -1.00 e. The summed E-state index contributed by atoms with van der Waals surface area (Å²) < 4.78 is 0. The topological polar surface area (TPSA) is 37.6 Å². The Morgan fingerprint density at radius 3 is 1.37 bits per heavy atom. The smallest absolute Gasteiger partial charge is 1.00 e. The Labute approximate surface area is 206 Å². The Kier molecular flexibility index (Phi) is 12.2. The maximum atomic E-state index is 6.34. The first-order chi connectivity index (χ1) is 12.9. The van der Waals surface area contributed by atoms with Crippen molar-refractivity contribution in [3.05, 3.63) is 88.2 Å². The number of aryl methyl sites for hydroxylation is 2. The molecule has 2 aromatic carbocycles. The van der Waals surface area contributed by atoms with Crippen molar-refractivity contribution < 1.29 is 41.6 Å². The summed E-state index contributed by atoms with van der Waals surface area (Å²) in [7, 11) is 0. The SMILES string of the molecule is CC(=Nc1ccc(C)cc1)c1cc(Cl)cc(C(C)=Nc2ccc(C)cc2)n1.[Cl-].[Cl-].[Co+2]. The number of hydrogen-bond donors (Lipinski definition) is 0. The predicted octanol–water partition coefficient (Wildman–Crippen LogP) is 0.639. The molecule has 3 rings (SSSR count). The van der Waals surface area contributed by atoms with E-state index in [1.54, 1.807) is 0 Å². The van der Waals surface area contributed by atoms with Gasteiger partial charge in [-0.2, -0.15) is 0 Å². The standard InChI is InChI=1S/C23H22ClN3.2ClH.Co/c1-15-5-9-20(10-6-15)25-17(3)22-13-19(24)14-23(27-22)18(4)26-21-11-7-16(2)8-12-21;;;/h5-14H,1-4H3;2*1H;/q;;;+2/p-2. The van der Waals surface area contributed by atoms with Crippen LogP contribution >= 0.6 is 11.6 Å². The van der Waals surface area contributed by atoms with Crippen molar-refractivity contribution in [2.24, 2.45) is 9.98 Å². The van der Waals surface area contributed by atoms with Gasteiger partial charge in [0.1, 0.15) is 0 Å². The molecule has 0 fully saturated rings. The van der Waals surface area contributed by atoms with Gasteiger partial charge < -0.3 is 24.8 Å². The molecule has 1 radical (unpaired) electrons. The molecule has 0 N–H and O–H groups in total. The molecule has 0 saturated carbocycles. The van der Waals surface area contributed by atoms with Crippen LogP contribution in [0.25, 0.3) is 0 Å². The van der Waals surface area contributed by atoms with E-state index in [0.717, 1.165) is 34.2 Å². The van der Waals surface area contributed by atoms with Gasteiger partial charge >= 0.3 is 16.8 Å². The number of aromatic nitrogens is 1. The molecular weight excluding hydrogens is 484 g/mol. The minimum absolute atomic E-state index is 0. The first kappa shape index (κ1) is 28.3. The Hall–Kier alpha value is -1.69. The summed E-state index contributed by atoms with van der Waals surface area (Å²) in [6, 6.07) is 19.8. The van der Waals surface area contributed by atoms with Gasteiger partial charge in [-0.25, -0.2) is 4.98 Å². The summed E-state index contributed by atoms with van der Waals surface area (Å²) in [6.07, 6.45) is 0. The average molecular weight is 506 g/mol. The van der Waals surface area contributed by atoms with Crippen LogP contribution in [0.15, 0.2) is 70.6 Å². The first-order valence-corrected chi connectivity index (χ1v) is 9.21. The van der Waals surface area contributed by atoms with Crippen LogP contribution < -0.4 is 24.8 Å². The molecule has 0 aliphatic heterocycles. The Morgan fingerprint density at radius 2 is 1.03 bits per heavy atom. The maximum absolute atomic E-state index is 6.34. The van der Waals surface area contributed by atoms with Gasteiger partial charge in [-0.3, -0.25) is 9.98 Å². The summed E-state index contributed by atoms with van der Waals surface area (Å²) in [5.41, 5.74) is 7.32. The van der Waals surface area contributed by atoms with E-state index in [-0.39, 0.29) is 41.6 Å². The molecule has 0 bridgehead atoms. The number of nitrogens with zero attached hydrogens (tertiary/aromatic N) is 3. The molecule has 0 atom stereocenters. The monoisotopic (exact) mass is 504 g/mol. The second kappa shape index (κ2) is 12.9. The quantitative estimate of drug-likeness (QED) is 0.480. The predicted molar refractivity (Wildman–Crippen MR) is 115 cm³/mol. The molecule has 30 heavy (non-hydrogen) atoms. The molecule has 1 heterocycles. The van der Waals surface area contributed by atoms with Gasteiger partial charge in [0.2, 0.25) is 0 Å². The Bertz CT molecular complexity index is 935. The van der Waals surface area contributed by atoms with Crippen LogP contribution in [-0.4, -0.2) is 16.4 Å². The summed E-state index contributed by atoms with van der Waals surface area (Å²) in [6.45, 7) is 7.99. The van der Waals surface area contributed by atoms with E-state index >= 15 is 0 Å². The van der Waals surface area contributed by atoms with Crippen molar-refractivity contribution in [3.63, 3.8) is 0 Å². The molecule has 0 saturated heterocycles. The summed E-state index contributed by atoms with van der Waals surface area (Å²) in [5.74, 6) is 0. The molecule has 7 heteroatoms. The van der Waals surface area contributed by atoms with Gasteiger partial charge in [-0.05, 0) is 64.1 Å². The molecule has 3 aromatic rings. The van der Waals surface area contributed by atoms with Crippen LogP contribution in [0.1, 0.15) is 36.4 Å². The van der Waals surface area contributed by atoms with Gasteiger partial charge in [0, 0.05) is 5.02 Å². The minimum atomic E-state index is 0. The number of aliphatic imine (C=N–C) groups is 2. The molecule has 3 nitrogen and oxygen atoms in total. The molecule has 0 amide bonds. The molecule has 1 aromatic heterocycles. The van der Waals surface area contributed by atoms with E-state index in [1.807, 2.05) is 74.5 Å². The van der Waals surface area contributed by atoms with E-state index in [0.29, 0.717) is 5.02 Å². The number of pyridine rings is 1. The first-order valence-electron chi connectivity index (χ1n) is 8.83. The number of benzene rings is 2. The van der Waals surface area contributed by atoms with Gasteiger partial charge in [0.05, 0.1) is 34.2 Å². The van der Waals surface area contributed by atoms with Crippen molar-refractivity contribution >= 4 is 34.4 Å². The summed E-state index contributed by atoms with van der Waals surface area (Å²) >= 11 is 6.34. The largest absolute Gasteiger partial charge is 2.00 e. The fourth-order valence-corrected chi connectivity index (χ4v) is 2.82. The van der Waals surface area contributed by atoms with Crippen LogP contribution in [-0.2, 0) is 16.8 Å². The molecule has 0 aliphatic carbocycles. The average Bonchev–Trinajstić information content (AvgIpc) is 2.65. The van der Waals surface area contributed by atoms with E-state index in [2.05, 4.69) is 23.8 Å². The third kappa shape index (κ3) is 7.86. The number of rotatable bonds is 4. The normalized spacial score (nSPS) is 11.1. The zero-order valence-electron chi connectivity index (χ0n) is 17.1. The van der Waals surface area contributed by atoms with Gasteiger partial charge in [0.15, 0.2) is 0 Å². The van der Waals surface area contributed by atoms with E-state index < -0.39 is 0 Å². The number of hydrogen-bond acceptors (Lipinski definition) is 3. The van der Waals surface area contributed by atoms with E-state index in [1.165, 1.54) is 11.1 Å². The fraction of sp³-hybridized carbons (Fsp3) is 0.174. The fourth-order valence-electron chi connectivity index (χ4n) is 2.61. The van der Waals surface area contributed by atoms with Crippen molar-refractivity contribution in [2.45, 2.75) is 27.7 Å². The summed E-state index contributed by atoms with van der Waals surface area (Å²) in [4.78, 5) is 14.0.